The number of rotatable bonds is 4. The molecule has 2 atom stereocenters. The maximum absolute atomic E-state index is 12.2. The quantitative estimate of drug-likeness (QED) is 0.919. The highest BCUT2D eigenvalue weighted by Crippen LogP contribution is 2.25. The number of carbonyl (C=O) groups excluding carboxylic acids is 1. The van der Waals surface area contributed by atoms with Gasteiger partial charge >= 0.3 is 0 Å². The molecule has 0 spiro atoms. The summed E-state index contributed by atoms with van der Waals surface area (Å²) in [5.74, 6) is 0.648. The summed E-state index contributed by atoms with van der Waals surface area (Å²) in [6.45, 7) is 3.13. The van der Waals surface area contributed by atoms with Crippen molar-refractivity contribution in [1.82, 2.24) is 4.90 Å². The van der Waals surface area contributed by atoms with Crippen LogP contribution >= 0.6 is 11.6 Å². The Morgan fingerprint density at radius 1 is 1.58 bits per heavy atom. The van der Waals surface area contributed by atoms with Gasteiger partial charge in [0.1, 0.15) is 5.75 Å². The second-order valence-electron chi connectivity index (χ2n) is 4.81. The fourth-order valence-electron chi connectivity index (χ4n) is 2.22. The molecule has 1 aromatic rings. The number of para-hydroxylation sites is 1. The molecule has 0 bridgehead atoms. The minimum Gasteiger partial charge on any atom is -0.479 e. The van der Waals surface area contributed by atoms with Gasteiger partial charge in [0.2, 0.25) is 0 Å². The summed E-state index contributed by atoms with van der Waals surface area (Å²) in [5.41, 5.74) is 0. The number of carbonyl (C=O) groups is 1. The molecule has 1 aromatic carbocycles. The number of halogens is 1. The standard InChI is InChI=1S/C14H18ClNO3/c1-10(19-13-5-3-2-4-12(13)15)14(18)16-7-6-11(8-16)9-17/h2-5,10-11,17H,6-9H2,1H3. The first-order chi connectivity index (χ1) is 9.11. The molecule has 0 saturated carbocycles. The van der Waals surface area contributed by atoms with E-state index in [1.165, 1.54) is 0 Å². The van der Waals surface area contributed by atoms with Crippen LogP contribution in [0.25, 0.3) is 0 Å². The predicted molar refractivity (Wildman–Crippen MR) is 73.3 cm³/mol. The molecule has 1 aliphatic heterocycles. The summed E-state index contributed by atoms with van der Waals surface area (Å²) < 4.78 is 5.60. The molecule has 1 saturated heterocycles. The Morgan fingerprint density at radius 2 is 2.32 bits per heavy atom. The minimum atomic E-state index is -0.572. The van der Waals surface area contributed by atoms with Crippen LogP contribution in [-0.4, -0.2) is 41.7 Å². The third-order valence-corrected chi connectivity index (χ3v) is 3.66. The third kappa shape index (κ3) is 3.39. The number of aliphatic hydroxyl groups excluding tert-OH is 1. The normalized spacial score (nSPS) is 20.4. The van der Waals surface area contributed by atoms with E-state index in [0.29, 0.717) is 23.9 Å². The van der Waals surface area contributed by atoms with Crippen LogP contribution < -0.4 is 4.74 Å². The Hall–Kier alpha value is -1.26. The van der Waals surface area contributed by atoms with Crippen molar-refractivity contribution in [3.05, 3.63) is 29.3 Å². The maximum atomic E-state index is 12.2. The lowest BCUT2D eigenvalue weighted by Crippen LogP contribution is -2.39. The van der Waals surface area contributed by atoms with E-state index in [1.54, 1.807) is 24.0 Å². The molecular weight excluding hydrogens is 266 g/mol. The summed E-state index contributed by atoms with van der Waals surface area (Å²) in [4.78, 5) is 13.9. The summed E-state index contributed by atoms with van der Waals surface area (Å²) in [7, 11) is 0. The molecule has 1 fully saturated rings. The lowest BCUT2D eigenvalue weighted by molar-refractivity contribution is -0.137. The van der Waals surface area contributed by atoms with E-state index in [2.05, 4.69) is 0 Å². The van der Waals surface area contributed by atoms with Gasteiger partial charge in [-0.25, -0.2) is 0 Å². The van der Waals surface area contributed by atoms with Crippen LogP contribution in [0.3, 0.4) is 0 Å². The fraction of sp³-hybridized carbons (Fsp3) is 0.500. The molecule has 2 unspecified atom stereocenters. The summed E-state index contributed by atoms with van der Waals surface area (Å²) in [5, 5.41) is 9.59. The Bertz CT molecular complexity index is 452. The van der Waals surface area contributed by atoms with Crippen molar-refractivity contribution in [2.24, 2.45) is 5.92 Å². The molecule has 1 N–H and O–H groups in total. The SMILES string of the molecule is CC(Oc1ccccc1Cl)C(=O)N1CCC(CO)C1. The van der Waals surface area contributed by atoms with Gasteiger partial charge in [-0.3, -0.25) is 4.79 Å². The second kappa shape index (κ2) is 6.26. The van der Waals surface area contributed by atoms with Gasteiger partial charge < -0.3 is 14.7 Å². The molecular formula is C14H18ClNO3. The molecule has 104 valence electrons. The topological polar surface area (TPSA) is 49.8 Å². The highest BCUT2D eigenvalue weighted by Gasteiger charge is 2.29. The molecule has 1 amide bonds. The minimum absolute atomic E-state index is 0.0594. The first-order valence-electron chi connectivity index (χ1n) is 6.42. The second-order valence-corrected chi connectivity index (χ2v) is 5.22. The van der Waals surface area contributed by atoms with E-state index >= 15 is 0 Å². The number of amides is 1. The van der Waals surface area contributed by atoms with Gasteiger partial charge in [0.25, 0.3) is 5.91 Å². The van der Waals surface area contributed by atoms with Gasteiger partial charge in [-0.15, -0.1) is 0 Å². The Labute approximate surface area is 117 Å². The van der Waals surface area contributed by atoms with Crippen LogP contribution in [0.15, 0.2) is 24.3 Å². The first kappa shape index (κ1) is 14.2. The van der Waals surface area contributed by atoms with Crippen molar-refractivity contribution in [3.8, 4) is 5.75 Å². The maximum Gasteiger partial charge on any atom is 0.263 e. The average Bonchev–Trinajstić information content (AvgIpc) is 2.89. The van der Waals surface area contributed by atoms with Crippen LogP contribution in [0.5, 0.6) is 5.75 Å². The number of likely N-dealkylation sites (tertiary alicyclic amines) is 1. The number of aliphatic hydroxyl groups is 1. The third-order valence-electron chi connectivity index (χ3n) is 3.34. The van der Waals surface area contributed by atoms with E-state index in [1.807, 2.05) is 12.1 Å². The van der Waals surface area contributed by atoms with Gasteiger partial charge in [0.15, 0.2) is 6.10 Å². The number of hydrogen-bond acceptors (Lipinski definition) is 3. The van der Waals surface area contributed by atoms with Crippen LogP contribution in [-0.2, 0) is 4.79 Å². The highest BCUT2D eigenvalue weighted by atomic mass is 35.5. The van der Waals surface area contributed by atoms with Crippen molar-refractivity contribution < 1.29 is 14.6 Å². The molecule has 0 aliphatic carbocycles. The Balaban J connectivity index is 1.95. The number of nitrogens with zero attached hydrogens (tertiary/aromatic N) is 1. The molecule has 2 rings (SSSR count). The average molecular weight is 284 g/mol. The van der Waals surface area contributed by atoms with E-state index in [4.69, 9.17) is 21.4 Å². The zero-order valence-electron chi connectivity index (χ0n) is 10.9. The van der Waals surface area contributed by atoms with E-state index in [9.17, 15) is 4.79 Å². The van der Waals surface area contributed by atoms with Crippen molar-refractivity contribution in [1.29, 1.82) is 0 Å². The summed E-state index contributed by atoms with van der Waals surface area (Å²) in [6.07, 6.45) is 0.276. The fourth-order valence-corrected chi connectivity index (χ4v) is 2.40. The van der Waals surface area contributed by atoms with Crippen LogP contribution in [0.2, 0.25) is 5.02 Å². The van der Waals surface area contributed by atoms with Gasteiger partial charge in [-0.2, -0.15) is 0 Å². The first-order valence-corrected chi connectivity index (χ1v) is 6.80. The van der Waals surface area contributed by atoms with Crippen molar-refractivity contribution in [2.45, 2.75) is 19.4 Å². The lowest BCUT2D eigenvalue weighted by atomic mass is 10.1. The Kier molecular flexibility index (Phi) is 4.66. The van der Waals surface area contributed by atoms with Crippen molar-refractivity contribution in [2.75, 3.05) is 19.7 Å². The van der Waals surface area contributed by atoms with E-state index in [0.717, 1.165) is 6.42 Å². The monoisotopic (exact) mass is 283 g/mol. The van der Waals surface area contributed by atoms with Crippen molar-refractivity contribution in [3.63, 3.8) is 0 Å². The van der Waals surface area contributed by atoms with E-state index < -0.39 is 6.10 Å². The van der Waals surface area contributed by atoms with Crippen LogP contribution in [0.4, 0.5) is 0 Å². The van der Waals surface area contributed by atoms with Gasteiger partial charge in [-0.05, 0) is 25.5 Å². The molecule has 1 aliphatic rings. The van der Waals surface area contributed by atoms with Gasteiger partial charge in [0, 0.05) is 25.6 Å². The molecule has 0 aromatic heterocycles. The number of benzene rings is 1. The molecule has 5 heteroatoms. The Morgan fingerprint density at radius 3 is 2.95 bits per heavy atom. The highest BCUT2D eigenvalue weighted by molar-refractivity contribution is 6.32. The zero-order valence-corrected chi connectivity index (χ0v) is 11.6. The van der Waals surface area contributed by atoms with Crippen LogP contribution in [0.1, 0.15) is 13.3 Å². The van der Waals surface area contributed by atoms with Gasteiger partial charge in [-0.1, -0.05) is 23.7 Å². The predicted octanol–water partition coefficient (Wildman–Crippen LogP) is 1.95. The lowest BCUT2D eigenvalue weighted by Gasteiger charge is -2.22. The largest absolute Gasteiger partial charge is 0.479 e. The van der Waals surface area contributed by atoms with Crippen molar-refractivity contribution >= 4 is 17.5 Å². The summed E-state index contributed by atoms with van der Waals surface area (Å²) in [6, 6.07) is 7.10. The van der Waals surface area contributed by atoms with Gasteiger partial charge in [0.05, 0.1) is 5.02 Å². The molecule has 19 heavy (non-hydrogen) atoms. The zero-order chi connectivity index (χ0) is 13.8. The molecule has 0 radical (unpaired) electrons. The number of hydrogen-bond donors (Lipinski definition) is 1. The number of ether oxygens (including phenoxy) is 1. The summed E-state index contributed by atoms with van der Waals surface area (Å²) >= 11 is 6.00. The molecule has 4 nitrogen and oxygen atoms in total. The van der Waals surface area contributed by atoms with E-state index in [-0.39, 0.29) is 18.4 Å². The molecule has 1 heterocycles. The smallest absolute Gasteiger partial charge is 0.263 e. The van der Waals surface area contributed by atoms with Crippen LogP contribution in [0, 0.1) is 5.92 Å².